The van der Waals surface area contributed by atoms with Crippen LogP contribution in [0.5, 0.6) is 0 Å². The van der Waals surface area contributed by atoms with Gasteiger partial charge in [-0.1, -0.05) is 22.0 Å². The Hall–Kier alpha value is -2.45. The van der Waals surface area contributed by atoms with Gasteiger partial charge in [-0.3, -0.25) is 4.68 Å². The highest BCUT2D eigenvalue weighted by Gasteiger charge is 2.14. The van der Waals surface area contributed by atoms with Crippen molar-refractivity contribution in [1.29, 1.82) is 5.26 Å². The van der Waals surface area contributed by atoms with Crippen molar-refractivity contribution in [2.45, 2.75) is 13.5 Å². The molecule has 0 atom stereocenters. The van der Waals surface area contributed by atoms with E-state index < -0.39 is 0 Å². The summed E-state index contributed by atoms with van der Waals surface area (Å²) in [4.78, 5) is 4.71. The SMILES string of the molecule is CCn1ncc2c3c(C#N)c4ccc(Br)cc4nc3ccc21. The van der Waals surface area contributed by atoms with E-state index in [9.17, 15) is 5.26 Å². The molecule has 0 N–H and O–H groups in total. The number of benzene rings is 2. The number of fused-ring (bicyclic) bond motifs is 4. The van der Waals surface area contributed by atoms with Crippen molar-refractivity contribution in [2.75, 3.05) is 0 Å². The number of nitriles is 1. The van der Waals surface area contributed by atoms with E-state index in [2.05, 4.69) is 34.0 Å². The van der Waals surface area contributed by atoms with Crippen molar-refractivity contribution in [2.24, 2.45) is 0 Å². The minimum Gasteiger partial charge on any atom is -0.265 e. The van der Waals surface area contributed by atoms with Crippen molar-refractivity contribution < 1.29 is 0 Å². The summed E-state index contributed by atoms with van der Waals surface area (Å²) >= 11 is 3.46. The molecule has 0 aliphatic heterocycles. The number of nitrogens with zero attached hydrogens (tertiary/aromatic N) is 4. The average Bonchev–Trinajstić information content (AvgIpc) is 2.95. The molecule has 0 unspecified atom stereocenters. The number of pyridine rings is 1. The Balaban J connectivity index is 2.27. The third-order valence-electron chi connectivity index (χ3n) is 3.94. The van der Waals surface area contributed by atoms with Gasteiger partial charge in [0.2, 0.25) is 0 Å². The van der Waals surface area contributed by atoms with Crippen LogP contribution in [-0.4, -0.2) is 14.8 Å². The van der Waals surface area contributed by atoms with Gasteiger partial charge in [-0.25, -0.2) is 4.98 Å². The van der Waals surface area contributed by atoms with Crippen LogP contribution < -0.4 is 0 Å². The van der Waals surface area contributed by atoms with Crippen LogP contribution in [0.3, 0.4) is 0 Å². The van der Waals surface area contributed by atoms with E-state index in [-0.39, 0.29) is 0 Å². The molecule has 4 aromatic rings. The summed E-state index contributed by atoms with van der Waals surface area (Å²) in [5, 5.41) is 16.8. The summed E-state index contributed by atoms with van der Waals surface area (Å²) < 4.78 is 2.89. The van der Waals surface area contributed by atoms with Crippen LogP contribution in [-0.2, 0) is 6.54 Å². The molecule has 0 saturated carbocycles. The second kappa shape index (κ2) is 4.79. The zero-order chi connectivity index (χ0) is 15.3. The predicted octanol–water partition coefficient (Wildman–Crippen LogP) is 4.39. The standard InChI is InChI=1S/C17H11BrN4/c1-2-22-16-6-5-14-17(13(16)9-20-22)12(8-19)11-4-3-10(18)7-15(11)21-14/h3-7,9H,2H2,1H3. The Morgan fingerprint density at radius 3 is 2.82 bits per heavy atom. The molecule has 0 aliphatic rings. The first-order valence-electron chi connectivity index (χ1n) is 7.00. The molecular weight excluding hydrogens is 340 g/mol. The lowest BCUT2D eigenvalue weighted by Gasteiger charge is -2.07. The van der Waals surface area contributed by atoms with Crippen LogP contribution in [0.4, 0.5) is 0 Å². The van der Waals surface area contributed by atoms with E-state index in [0.29, 0.717) is 5.56 Å². The fourth-order valence-corrected chi connectivity index (χ4v) is 3.29. The highest BCUT2D eigenvalue weighted by atomic mass is 79.9. The van der Waals surface area contributed by atoms with E-state index in [1.807, 2.05) is 41.2 Å². The second-order valence-electron chi connectivity index (χ2n) is 5.11. The number of rotatable bonds is 1. The third kappa shape index (κ3) is 1.74. The lowest BCUT2D eigenvalue weighted by Crippen LogP contribution is -1.95. The molecule has 22 heavy (non-hydrogen) atoms. The van der Waals surface area contributed by atoms with E-state index in [1.165, 1.54) is 0 Å². The Morgan fingerprint density at radius 2 is 2.05 bits per heavy atom. The highest BCUT2D eigenvalue weighted by Crippen LogP contribution is 2.32. The van der Waals surface area contributed by atoms with Gasteiger partial charge in [0.15, 0.2) is 0 Å². The lowest BCUT2D eigenvalue weighted by molar-refractivity contribution is 0.684. The maximum atomic E-state index is 9.71. The fraction of sp³-hybridized carbons (Fsp3) is 0.118. The summed E-state index contributed by atoms with van der Waals surface area (Å²) in [6, 6.07) is 12.2. The van der Waals surface area contributed by atoms with Crippen molar-refractivity contribution in [1.82, 2.24) is 14.8 Å². The van der Waals surface area contributed by atoms with Crippen molar-refractivity contribution in [3.05, 3.63) is 46.6 Å². The second-order valence-corrected chi connectivity index (χ2v) is 6.03. The van der Waals surface area contributed by atoms with Gasteiger partial charge in [-0.2, -0.15) is 10.4 Å². The third-order valence-corrected chi connectivity index (χ3v) is 4.43. The van der Waals surface area contributed by atoms with Crippen LogP contribution in [0.1, 0.15) is 12.5 Å². The summed E-state index contributed by atoms with van der Waals surface area (Å²) in [5.41, 5.74) is 3.34. The van der Waals surface area contributed by atoms with Gasteiger partial charge in [0.25, 0.3) is 0 Å². The van der Waals surface area contributed by atoms with Gasteiger partial charge in [0, 0.05) is 27.2 Å². The van der Waals surface area contributed by atoms with E-state index >= 15 is 0 Å². The minimum absolute atomic E-state index is 0.661. The van der Waals surface area contributed by atoms with Gasteiger partial charge < -0.3 is 0 Å². The zero-order valence-electron chi connectivity index (χ0n) is 11.8. The number of aryl methyl sites for hydroxylation is 1. The van der Waals surface area contributed by atoms with Crippen molar-refractivity contribution in [3.8, 4) is 6.07 Å². The number of halogens is 1. The fourth-order valence-electron chi connectivity index (χ4n) is 2.94. The van der Waals surface area contributed by atoms with Crippen LogP contribution in [0.2, 0.25) is 0 Å². The maximum absolute atomic E-state index is 9.71. The molecule has 0 saturated heterocycles. The van der Waals surface area contributed by atoms with Gasteiger partial charge in [0.05, 0.1) is 28.3 Å². The Morgan fingerprint density at radius 1 is 1.18 bits per heavy atom. The molecule has 0 radical (unpaired) electrons. The minimum atomic E-state index is 0.661. The van der Waals surface area contributed by atoms with Gasteiger partial charge >= 0.3 is 0 Å². The van der Waals surface area contributed by atoms with E-state index in [1.54, 1.807) is 0 Å². The van der Waals surface area contributed by atoms with Crippen molar-refractivity contribution >= 4 is 48.6 Å². The molecule has 4 nitrogen and oxygen atoms in total. The van der Waals surface area contributed by atoms with Gasteiger partial charge in [-0.15, -0.1) is 0 Å². The molecule has 2 aromatic heterocycles. The first-order valence-corrected chi connectivity index (χ1v) is 7.80. The molecule has 0 spiro atoms. The molecule has 0 amide bonds. The predicted molar refractivity (Wildman–Crippen MR) is 90.6 cm³/mol. The quantitative estimate of drug-likeness (QED) is 0.478. The Kier molecular flexibility index (Phi) is 2.88. The number of aromatic nitrogens is 3. The van der Waals surface area contributed by atoms with E-state index in [4.69, 9.17) is 4.98 Å². The normalized spacial score (nSPS) is 11.3. The largest absolute Gasteiger partial charge is 0.265 e. The Bertz CT molecular complexity index is 1090. The molecule has 0 fully saturated rings. The molecule has 2 aromatic carbocycles. The molecule has 4 rings (SSSR count). The molecule has 2 heterocycles. The topological polar surface area (TPSA) is 54.5 Å². The van der Waals surface area contributed by atoms with Crippen LogP contribution in [0.15, 0.2) is 41.0 Å². The molecule has 0 aliphatic carbocycles. The molecule has 5 heteroatoms. The Labute approximate surface area is 135 Å². The highest BCUT2D eigenvalue weighted by molar-refractivity contribution is 9.10. The van der Waals surface area contributed by atoms with E-state index in [0.717, 1.165) is 43.7 Å². The smallest absolute Gasteiger partial charge is 0.101 e. The maximum Gasteiger partial charge on any atom is 0.101 e. The van der Waals surface area contributed by atoms with Gasteiger partial charge in [-0.05, 0) is 31.2 Å². The van der Waals surface area contributed by atoms with Crippen molar-refractivity contribution in [3.63, 3.8) is 0 Å². The van der Waals surface area contributed by atoms with Gasteiger partial charge in [0.1, 0.15) is 6.07 Å². The summed E-state index contributed by atoms with van der Waals surface area (Å²) in [5.74, 6) is 0. The average molecular weight is 351 g/mol. The number of hydrogen-bond acceptors (Lipinski definition) is 3. The van der Waals surface area contributed by atoms with Crippen LogP contribution >= 0.6 is 15.9 Å². The summed E-state index contributed by atoms with van der Waals surface area (Å²) in [6.07, 6.45) is 1.83. The lowest BCUT2D eigenvalue weighted by atomic mass is 10.0. The number of hydrogen-bond donors (Lipinski definition) is 0. The molecule has 0 bridgehead atoms. The summed E-state index contributed by atoms with van der Waals surface area (Å²) in [7, 11) is 0. The van der Waals surface area contributed by atoms with Crippen LogP contribution in [0, 0.1) is 11.3 Å². The monoisotopic (exact) mass is 350 g/mol. The first-order chi connectivity index (χ1) is 10.7. The molecule has 106 valence electrons. The zero-order valence-corrected chi connectivity index (χ0v) is 13.4. The molecular formula is C17H11BrN4. The summed E-state index contributed by atoms with van der Waals surface area (Å²) in [6.45, 7) is 2.85. The first kappa shape index (κ1) is 13.2. The van der Waals surface area contributed by atoms with Crippen LogP contribution in [0.25, 0.3) is 32.7 Å².